The molecule has 0 unspecified atom stereocenters. The van der Waals surface area contributed by atoms with Crippen molar-refractivity contribution in [2.24, 2.45) is 56.4 Å². The second kappa shape index (κ2) is 29.2. The van der Waals surface area contributed by atoms with E-state index >= 15 is 0 Å². The fraction of sp³-hybridized carbons (Fsp3) is 0.322. The summed E-state index contributed by atoms with van der Waals surface area (Å²) in [6.45, 7) is 2.96. The van der Waals surface area contributed by atoms with E-state index < -0.39 is 53.2 Å². The summed E-state index contributed by atoms with van der Waals surface area (Å²) in [7, 11) is 16.7. The Balaban J connectivity index is 0.747. The Hall–Kier alpha value is -11.8. The van der Waals surface area contributed by atoms with Crippen molar-refractivity contribution in [1.29, 1.82) is 0 Å². The molecule has 0 saturated heterocycles. The Morgan fingerprint density at radius 1 is 0.344 bits per heavy atom. The van der Waals surface area contributed by atoms with Crippen LogP contribution in [0.25, 0.3) is 0 Å². The molecule has 0 aliphatic heterocycles. The lowest BCUT2D eigenvalue weighted by molar-refractivity contribution is -0.121. The first-order valence-corrected chi connectivity index (χ1v) is 28.9. The number of hydrogen-bond donors (Lipinski definition) is 11. The standard InChI is InChI=1S/C59H73N23O11/c1-33(83)63-34-20-43(77(6)25-34)56(90)72-45-31-81(10)49(70-45)57(91)66-37-23-41(78(7)28-37)54(88)64-35-21-39(75(4)26-35)52(86)61-16-12-14-48(85)68-44-30-80(9)51(69-44)59(93)73-46-32-82(11)50(71-46)58(92)67-38-24-42(79(8)29-38)55(89)65-36-22-40(76(5)27-36)53(87)62-18-15-47(84)60-17-13-19-74(2)3/h20-32H,12-19H2,1-11H3,(H,60,84)(H,61,86)(H,62,87)(H,63,83)(H,64,88)(H,65,89)(H,66,91)(H,67,92)(H,68,85)(H,72,90)(H,73,93). The summed E-state index contributed by atoms with van der Waals surface area (Å²) in [5.74, 6) is -5.42. The molecular formula is C59H73N23O11. The Bertz CT molecular complexity index is 4210. The number of nitrogens with one attached hydrogen (secondary N) is 11. The second-order valence-corrected chi connectivity index (χ2v) is 22.1. The molecule has 0 aromatic carbocycles. The van der Waals surface area contributed by atoms with Crippen LogP contribution in [0.15, 0.2) is 79.9 Å². The van der Waals surface area contributed by atoms with Gasteiger partial charge < -0.3 is 99.9 Å². The van der Waals surface area contributed by atoms with Crippen LogP contribution in [0, 0.1) is 0 Å². The van der Waals surface area contributed by atoms with Crippen LogP contribution in [0.5, 0.6) is 0 Å². The normalized spacial score (nSPS) is 11.0. The average molecular weight is 1280 g/mol. The maximum Gasteiger partial charge on any atom is 0.292 e. The minimum atomic E-state index is -0.700. The minimum absolute atomic E-state index is 0.0154. The Kier molecular flexibility index (Phi) is 21.1. The molecule has 0 aliphatic carbocycles. The van der Waals surface area contributed by atoms with E-state index in [2.05, 4.69) is 73.4 Å². The van der Waals surface area contributed by atoms with Gasteiger partial charge in [-0.3, -0.25) is 52.7 Å². The fourth-order valence-electron chi connectivity index (χ4n) is 9.66. The van der Waals surface area contributed by atoms with E-state index in [4.69, 9.17) is 0 Å². The van der Waals surface area contributed by atoms with Gasteiger partial charge in [-0.1, -0.05) is 0 Å². The van der Waals surface area contributed by atoms with Crippen LogP contribution in [0.3, 0.4) is 0 Å². The van der Waals surface area contributed by atoms with E-state index in [1.165, 1.54) is 100 Å². The third-order valence-corrected chi connectivity index (χ3v) is 14.1. The van der Waals surface area contributed by atoms with Crippen LogP contribution >= 0.6 is 0 Å². The molecule has 0 atom stereocenters. The largest absolute Gasteiger partial charge is 0.356 e. The van der Waals surface area contributed by atoms with Crippen molar-refractivity contribution < 1.29 is 52.7 Å². The zero-order valence-corrected chi connectivity index (χ0v) is 53.0. The first kappa shape index (κ1) is 67.1. The lowest BCUT2D eigenvalue weighted by Gasteiger charge is -2.10. The number of rotatable bonds is 27. The van der Waals surface area contributed by atoms with Crippen LogP contribution in [-0.4, -0.2) is 162 Å². The molecule has 0 radical (unpaired) electrons. The van der Waals surface area contributed by atoms with E-state index in [0.717, 1.165) is 13.0 Å². The number of nitrogens with zero attached hydrogens (tertiary/aromatic N) is 12. The van der Waals surface area contributed by atoms with Gasteiger partial charge in [-0.25, -0.2) is 15.0 Å². The molecule has 34 nitrogen and oxygen atoms in total. The molecule has 8 aromatic heterocycles. The van der Waals surface area contributed by atoms with Crippen LogP contribution in [0.1, 0.15) is 117 Å². The number of carbonyl (C=O) groups is 11. The first-order valence-electron chi connectivity index (χ1n) is 28.9. The molecule has 0 spiro atoms. The summed E-state index contributed by atoms with van der Waals surface area (Å²) in [6.07, 6.45) is 13.2. The SMILES string of the molecule is CC(=O)Nc1cc(C(=O)Nc2cn(C)c(C(=O)Nc3cc(C(=O)Nc4cc(C(=O)NCCCC(=O)Nc5cn(C)c(C(=O)Nc6cn(C)c(C(=O)Nc7cc(C(=O)Nc8cc(C(=O)NCCC(=O)NCCCN(C)C)n(C)c8)n(C)c7)n6)n5)n(C)c4)n(C)c3)n2)n(C)c1. The minimum Gasteiger partial charge on any atom is -0.356 e. The van der Waals surface area contributed by atoms with Gasteiger partial charge in [-0.05, 0) is 63.8 Å². The van der Waals surface area contributed by atoms with Gasteiger partial charge in [0.05, 0.1) is 28.4 Å². The summed E-state index contributed by atoms with van der Waals surface area (Å²) in [5, 5.41) is 29.8. The quantitative estimate of drug-likeness (QED) is 0.0329. The number of amides is 11. The third-order valence-electron chi connectivity index (χ3n) is 14.1. The van der Waals surface area contributed by atoms with E-state index in [0.29, 0.717) is 23.6 Å². The van der Waals surface area contributed by atoms with Crippen molar-refractivity contribution in [2.75, 3.05) is 82.8 Å². The van der Waals surface area contributed by atoms with Crippen LogP contribution in [-0.2, 0) is 70.8 Å². The molecule has 0 bridgehead atoms. The second-order valence-electron chi connectivity index (χ2n) is 22.1. The summed E-state index contributed by atoms with van der Waals surface area (Å²) in [6, 6.07) is 7.39. The van der Waals surface area contributed by atoms with Gasteiger partial charge >= 0.3 is 0 Å². The highest BCUT2D eigenvalue weighted by Gasteiger charge is 2.25. The van der Waals surface area contributed by atoms with Gasteiger partial charge in [0.15, 0.2) is 17.5 Å². The molecule has 0 fully saturated rings. The molecule has 8 aromatic rings. The summed E-state index contributed by atoms with van der Waals surface area (Å²) >= 11 is 0. The molecule has 490 valence electrons. The number of carbonyl (C=O) groups excluding carboxylic acids is 11. The molecule has 34 heteroatoms. The number of hydrogen-bond acceptors (Lipinski definition) is 15. The molecule has 8 rings (SSSR count). The summed E-state index contributed by atoms with van der Waals surface area (Å²) < 4.78 is 11.8. The zero-order chi connectivity index (χ0) is 67.5. The van der Waals surface area contributed by atoms with E-state index in [1.54, 1.807) is 79.5 Å². The predicted octanol–water partition coefficient (Wildman–Crippen LogP) is 2.39. The lowest BCUT2D eigenvalue weighted by atomic mass is 10.3. The van der Waals surface area contributed by atoms with Crippen molar-refractivity contribution in [3.63, 3.8) is 0 Å². The first-order chi connectivity index (χ1) is 44.1. The fourth-order valence-corrected chi connectivity index (χ4v) is 9.66. The zero-order valence-electron chi connectivity index (χ0n) is 53.0. The van der Waals surface area contributed by atoms with Crippen molar-refractivity contribution in [3.05, 3.63) is 126 Å². The van der Waals surface area contributed by atoms with Crippen LogP contribution < -0.4 is 58.5 Å². The number of imidazole rings is 3. The Labute approximate surface area is 531 Å². The van der Waals surface area contributed by atoms with Gasteiger partial charge in [-0.2, -0.15) is 0 Å². The maximum absolute atomic E-state index is 13.4. The van der Waals surface area contributed by atoms with Crippen molar-refractivity contribution in [3.8, 4) is 0 Å². The smallest absolute Gasteiger partial charge is 0.292 e. The van der Waals surface area contributed by atoms with E-state index in [9.17, 15) is 52.7 Å². The molecule has 11 amide bonds. The molecular weight excluding hydrogens is 1210 g/mol. The Morgan fingerprint density at radius 2 is 0.667 bits per heavy atom. The highest BCUT2D eigenvalue weighted by molar-refractivity contribution is 6.10. The molecule has 0 aliphatic rings. The molecule has 93 heavy (non-hydrogen) atoms. The average Bonchev–Trinajstić information content (AvgIpc) is 1.70. The van der Waals surface area contributed by atoms with Gasteiger partial charge in [0.2, 0.25) is 35.2 Å². The van der Waals surface area contributed by atoms with Crippen LogP contribution in [0.4, 0.5) is 45.9 Å². The topological polar surface area (TPSA) is 401 Å². The van der Waals surface area contributed by atoms with Crippen molar-refractivity contribution in [2.45, 2.75) is 32.6 Å². The number of anilines is 8. The van der Waals surface area contributed by atoms with Gasteiger partial charge in [0, 0.05) is 145 Å². The van der Waals surface area contributed by atoms with Gasteiger partial charge in [0.25, 0.3) is 47.3 Å². The van der Waals surface area contributed by atoms with E-state index in [-0.39, 0.29) is 119 Å². The monoisotopic (exact) mass is 1280 g/mol. The van der Waals surface area contributed by atoms with Gasteiger partial charge in [0.1, 0.15) is 28.5 Å². The highest BCUT2D eigenvalue weighted by atomic mass is 16.2. The maximum atomic E-state index is 13.4. The summed E-state index contributed by atoms with van der Waals surface area (Å²) in [4.78, 5) is 157. The third kappa shape index (κ3) is 17.3. The van der Waals surface area contributed by atoms with Crippen molar-refractivity contribution in [1.82, 2.24) is 72.3 Å². The Morgan fingerprint density at radius 3 is 1.06 bits per heavy atom. The van der Waals surface area contributed by atoms with E-state index in [1.807, 2.05) is 19.0 Å². The summed E-state index contributed by atoms with van der Waals surface area (Å²) in [5.41, 5.74) is 2.66. The lowest BCUT2D eigenvalue weighted by Crippen LogP contribution is -2.32. The molecule has 0 saturated carbocycles. The number of aromatic nitrogens is 11. The van der Waals surface area contributed by atoms with Gasteiger partial charge in [-0.15, -0.1) is 0 Å². The number of aryl methyl sites for hydroxylation is 8. The van der Waals surface area contributed by atoms with Crippen molar-refractivity contribution >= 4 is 111 Å². The van der Waals surface area contributed by atoms with Crippen LogP contribution in [0.2, 0.25) is 0 Å². The predicted molar refractivity (Wildman–Crippen MR) is 342 cm³/mol. The molecule has 8 heterocycles. The molecule has 11 N–H and O–H groups in total. The highest BCUT2D eigenvalue weighted by Crippen LogP contribution is 2.23.